The van der Waals surface area contributed by atoms with Crippen molar-refractivity contribution in [2.45, 2.75) is 11.3 Å². The van der Waals surface area contributed by atoms with Gasteiger partial charge in [0.25, 0.3) is 0 Å². The average Bonchev–Trinajstić information content (AvgIpc) is 2.71. The zero-order valence-electron chi connectivity index (χ0n) is 8.88. The van der Waals surface area contributed by atoms with Crippen molar-refractivity contribution in [1.82, 2.24) is 14.8 Å². The summed E-state index contributed by atoms with van der Waals surface area (Å²) < 4.78 is 7.29. The number of thioether (sulfide) groups is 1. The summed E-state index contributed by atoms with van der Waals surface area (Å²) in [6, 6.07) is 6.11. The summed E-state index contributed by atoms with van der Waals surface area (Å²) in [5.74, 6) is 2.92. The number of fused-ring (bicyclic) bond motifs is 3. The standard InChI is InChI=1S/C11H11N3OS/c1-15-8-2-3-10-9(6-8)14-7-12-13-11(14)4-5-16-10/h2-3,6-7H,4-5H2,1H3. The van der Waals surface area contributed by atoms with Gasteiger partial charge in [-0.1, -0.05) is 0 Å². The molecule has 1 aromatic carbocycles. The molecule has 0 saturated heterocycles. The van der Waals surface area contributed by atoms with Crippen LogP contribution < -0.4 is 4.74 Å². The third-order valence-electron chi connectivity index (χ3n) is 2.63. The van der Waals surface area contributed by atoms with Crippen LogP contribution in [-0.2, 0) is 6.42 Å². The second-order valence-electron chi connectivity index (χ2n) is 3.55. The van der Waals surface area contributed by atoms with Gasteiger partial charge in [0.2, 0.25) is 0 Å². The minimum Gasteiger partial charge on any atom is -0.497 e. The van der Waals surface area contributed by atoms with E-state index in [9.17, 15) is 0 Å². The summed E-state index contributed by atoms with van der Waals surface area (Å²) in [6.07, 6.45) is 2.71. The molecule has 3 rings (SSSR count). The molecule has 0 fully saturated rings. The Bertz CT molecular complexity index is 524. The average molecular weight is 233 g/mol. The van der Waals surface area contributed by atoms with Crippen LogP contribution in [-0.4, -0.2) is 27.6 Å². The lowest BCUT2D eigenvalue weighted by atomic mass is 10.3. The molecule has 5 heteroatoms. The molecule has 0 atom stereocenters. The molecule has 2 heterocycles. The Kier molecular flexibility index (Phi) is 2.32. The van der Waals surface area contributed by atoms with Gasteiger partial charge in [-0.15, -0.1) is 22.0 Å². The maximum Gasteiger partial charge on any atom is 0.138 e. The fourth-order valence-electron chi connectivity index (χ4n) is 1.82. The molecule has 0 bridgehead atoms. The monoisotopic (exact) mass is 233 g/mol. The van der Waals surface area contributed by atoms with Crippen LogP contribution in [0, 0.1) is 0 Å². The first-order chi connectivity index (χ1) is 7.88. The van der Waals surface area contributed by atoms with E-state index in [0.717, 1.165) is 29.4 Å². The number of aryl methyl sites for hydroxylation is 1. The minimum atomic E-state index is 0.862. The fourth-order valence-corrected chi connectivity index (χ4v) is 2.79. The SMILES string of the molecule is COc1ccc2c(c1)-n1cnnc1CCS2. The number of aromatic nitrogens is 3. The molecule has 1 aliphatic heterocycles. The van der Waals surface area contributed by atoms with Gasteiger partial charge in [0.15, 0.2) is 0 Å². The topological polar surface area (TPSA) is 39.9 Å². The predicted octanol–water partition coefficient (Wildman–Crippen LogP) is 1.92. The Morgan fingerprint density at radius 1 is 1.44 bits per heavy atom. The molecule has 4 nitrogen and oxygen atoms in total. The number of rotatable bonds is 1. The molecule has 0 N–H and O–H groups in total. The van der Waals surface area contributed by atoms with Gasteiger partial charge in [-0.3, -0.25) is 4.57 Å². The van der Waals surface area contributed by atoms with Gasteiger partial charge in [0.1, 0.15) is 17.9 Å². The van der Waals surface area contributed by atoms with Crippen molar-refractivity contribution in [3.8, 4) is 11.4 Å². The first-order valence-electron chi connectivity index (χ1n) is 5.08. The van der Waals surface area contributed by atoms with Crippen LogP contribution in [0.5, 0.6) is 5.75 Å². The van der Waals surface area contributed by atoms with Gasteiger partial charge < -0.3 is 4.74 Å². The van der Waals surface area contributed by atoms with Gasteiger partial charge in [0.05, 0.1) is 12.8 Å². The quantitative estimate of drug-likeness (QED) is 0.754. The van der Waals surface area contributed by atoms with Crippen LogP contribution in [0.2, 0.25) is 0 Å². The van der Waals surface area contributed by atoms with Gasteiger partial charge in [0, 0.05) is 23.1 Å². The number of methoxy groups -OCH3 is 1. The lowest BCUT2D eigenvalue weighted by Crippen LogP contribution is -1.99. The van der Waals surface area contributed by atoms with Crippen molar-refractivity contribution in [3.63, 3.8) is 0 Å². The Hall–Kier alpha value is -1.49. The molecule has 1 aliphatic rings. The summed E-state index contributed by atoms with van der Waals surface area (Å²) >= 11 is 1.85. The maximum absolute atomic E-state index is 5.25. The van der Waals surface area contributed by atoms with Gasteiger partial charge in [-0.05, 0) is 12.1 Å². The van der Waals surface area contributed by atoms with Gasteiger partial charge in [-0.2, -0.15) is 0 Å². The van der Waals surface area contributed by atoms with Gasteiger partial charge >= 0.3 is 0 Å². The predicted molar refractivity (Wildman–Crippen MR) is 62.3 cm³/mol. The van der Waals surface area contributed by atoms with Crippen molar-refractivity contribution < 1.29 is 4.74 Å². The highest BCUT2D eigenvalue weighted by Gasteiger charge is 2.15. The highest BCUT2D eigenvalue weighted by atomic mass is 32.2. The Balaban J connectivity index is 2.21. The molecule has 82 valence electrons. The maximum atomic E-state index is 5.25. The first kappa shape index (κ1) is 9.72. The van der Waals surface area contributed by atoms with Crippen molar-refractivity contribution in [1.29, 1.82) is 0 Å². The molecule has 16 heavy (non-hydrogen) atoms. The molecular weight excluding hydrogens is 222 g/mol. The van der Waals surface area contributed by atoms with Gasteiger partial charge in [-0.25, -0.2) is 0 Å². The van der Waals surface area contributed by atoms with Crippen molar-refractivity contribution in [3.05, 3.63) is 30.4 Å². The minimum absolute atomic E-state index is 0.862. The summed E-state index contributed by atoms with van der Waals surface area (Å²) in [4.78, 5) is 1.25. The van der Waals surface area contributed by atoms with E-state index < -0.39 is 0 Å². The Morgan fingerprint density at radius 2 is 2.38 bits per heavy atom. The van der Waals surface area contributed by atoms with Crippen LogP contribution in [0.25, 0.3) is 5.69 Å². The molecule has 1 aromatic heterocycles. The van der Waals surface area contributed by atoms with Crippen molar-refractivity contribution in [2.75, 3.05) is 12.9 Å². The number of benzene rings is 1. The molecule has 0 aliphatic carbocycles. The lowest BCUT2D eigenvalue weighted by Gasteiger charge is -2.09. The Morgan fingerprint density at radius 3 is 3.25 bits per heavy atom. The van der Waals surface area contributed by atoms with E-state index in [1.54, 1.807) is 13.4 Å². The van der Waals surface area contributed by atoms with Crippen LogP contribution in [0.1, 0.15) is 5.82 Å². The van der Waals surface area contributed by atoms with E-state index in [1.165, 1.54) is 4.90 Å². The normalized spacial score (nSPS) is 13.8. The smallest absolute Gasteiger partial charge is 0.138 e. The molecule has 0 radical (unpaired) electrons. The van der Waals surface area contributed by atoms with Crippen LogP contribution in [0.15, 0.2) is 29.4 Å². The zero-order chi connectivity index (χ0) is 11.0. The van der Waals surface area contributed by atoms with Crippen molar-refractivity contribution in [2.24, 2.45) is 0 Å². The fraction of sp³-hybridized carbons (Fsp3) is 0.273. The number of hydrogen-bond acceptors (Lipinski definition) is 4. The molecule has 0 amide bonds. The van der Waals surface area contributed by atoms with E-state index in [4.69, 9.17) is 4.74 Å². The first-order valence-corrected chi connectivity index (χ1v) is 6.07. The molecule has 0 spiro atoms. The van der Waals surface area contributed by atoms with Crippen LogP contribution >= 0.6 is 11.8 Å². The number of ether oxygens (including phenoxy) is 1. The molecule has 2 aromatic rings. The van der Waals surface area contributed by atoms with Crippen LogP contribution in [0.4, 0.5) is 0 Å². The van der Waals surface area contributed by atoms with Crippen molar-refractivity contribution >= 4 is 11.8 Å². The third kappa shape index (κ3) is 1.48. The number of hydrogen-bond donors (Lipinski definition) is 0. The molecule has 0 unspecified atom stereocenters. The zero-order valence-corrected chi connectivity index (χ0v) is 9.70. The number of nitrogens with zero attached hydrogens (tertiary/aromatic N) is 3. The third-order valence-corrected chi connectivity index (χ3v) is 3.69. The largest absolute Gasteiger partial charge is 0.497 e. The van der Waals surface area contributed by atoms with E-state index in [-0.39, 0.29) is 0 Å². The van der Waals surface area contributed by atoms with Crippen LogP contribution in [0.3, 0.4) is 0 Å². The van der Waals surface area contributed by atoms with E-state index in [1.807, 2.05) is 28.5 Å². The molecule has 0 saturated carbocycles. The summed E-state index contributed by atoms with van der Waals surface area (Å²) in [5.41, 5.74) is 1.11. The van der Waals surface area contributed by atoms with E-state index in [0.29, 0.717) is 0 Å². The summed E-state index contributed by atoms with van der Waals surface area (Å²) in [5, 5.41) is 8.09. The Labute approximate surface area is 97.6 Å². The highest BCUT2D eigenvalue weighted by molar-refractivity contribution is 7.99. The second kappa shape index (κ2) is 3.83. The van der Waals surface area contributed by atoms with E-state index in [2.05, 4.69) is 16.3 Å². The lowest BCUT2D eigenvalue weighted by molar-refractivity contribution is 0.414. The highest BCUT2D eigenvalue weighted by Crippen LogP contribution is 2.32. The molecular formula is C11H11N3OS. The second-order valence-corrected chi connectivity index (χ2v) is 4.69. The summed E-state index contributed by atoms with van der Waals surface area (Å²) in [7, 11) is 1.68. The summed E-state index contributed by atoms with van der Waals surface area (Å²) in [6.45, 7) is 0. The van der Waals surface area contributed by atoms with E-state index >= 15 is 0 Å².